The van der Waals surface area contributed by atoms with Crippen LogP contribution in [-0.4, -0.2) is 26.7 Å². The number of carbonyl (C=O) groups excluding carboxylic acids is 1. The summed E-state index contributed by atoms with van der Waals surface area (Å²) < 4.78 is 10.4. The number of hydrogen-bond donors (Lipinski definition) is 2. The lowest BCUT2D eigenvalue weighted by Gasteiger charge is -2.14. The molecule has 110 valence electrons. The van der Waals surface area contributed by atoms with Crippen LogP contribution in [0.5, 0.6) is 11.5 Å². The van der Waals surface area contributed by atoms with Gasteiger partial charge in [-0.25, -0.2) is 0 Å². The van der Waals surface area contributed by atoms with Crippen LogP contribution in [0.2, 0.25) is 0 Å². The topological polar surface area (TPSA) is 73.6 Å². The molecule has 20 heavy (non-hydrogen) atoms. The van der Waals surface area contributed by atoms with Gasteiger partial charge in [0.1, 0.15) is 0 Å². The quantitative estimate of drug-likeness (QED) is 0.810. The summed E-state index contributed by atoms with van der Waals surface area (Å²) in [5, 5.41) is 2.96. The molecule has 3 N–H and O–H groups in total. The predicted molar refractivity (Wildman–Crippen MR) is 78.2 cm³/mol. The molecular formula is C15H22N2O3. The first-order chi connectivity index (χ1) is 9.65. The Kier molecular flexibility index (Phi) is 4.71. The Labute approximate surface area is 119 Å². The second-order valence-electron chi connectivity index (χ2n) is 5.15. The minimum Gasteiger partial charge on any atom is -0.493 e. The lowest BCUT2D eigenvalue weighted by atomic mass is 10.1. The van der Waals surface area contributed by atoms with Crippen molar-refractivity contribution >= 4 is 11.6 Å². The third-order valence-electron chi connectivity index (χ3n) is 3.83. The van der Waals surface area contributed by atoms with Crippen LogP contribution in [0.15, 0.2) is 12.1 Å². The van der Waals surface area contributed by atoms with Gasteiger partial charge in [0.25, 0.3) is 5.91 Å². The number of rotatable bonds is 5. The first-order valence-electron chi connectivity index (χ1n) is 6.95. The molecule has 0 heterocycles. The van der Waals surface area contributed by atoms with Crippen molar-refractivity contribution in [3.05, 3.63) is 17.7 Å². The average Bonchev–Trinajstić information content (AvgIpc) is 2.97. The summed E-state index contributed by atoms with van der Waals surface area (Å²) >= 11 is 0. The van der Waals surface area contributed by atoms with E-state index in [9.17, 15) is 4.79 Å². The van der Waals surface area contributed by atoms with Crippen molar-refractivity contribution < 1.29 is 14.3 Å². The number of nitrogens with two attached hydrogens (primary N) is 1. The monoisotopic (exact) mass is 278 g/mol. The summed E-state index contributed by atoms with van der Waals surface area (Å²) in [7, 11) is 3.07. The van der Waals surface area contributed by atoms with Gasteiger partial charge in [-0.1, -0.05) is 12.8 Å². The van der Waals surface area contributed by atoms with E-state index < -0.39 is 0 Å². The Morgan fingerprint density at radius 1 is 1.25 bits per heavy atom. The maximum absolute atomic E-state index is 12.2. The van der Waals surface area contributed by atoms with Gasteiger partial charge in [0.15, 0.2) is 11.5 Å². The molecule has 1 saturated carbocycles. The van der Waals surface area contributed by atoms with Gasteiger partial charge in [0, 0.05) is 18.3 Å². The summed E-state index contributed by atoms with van der Waals surface area (Å²) in [5.74, 6) is 1.47. The number of carbonyl (C=O) groups is 1. The first kappa shape index (κ1) is 14.5. The molecule has 1 aromatic rings. The lowest BCUT2D eigenvalue weighted by Crippen LogP contribution is -2.29. The summed E-state index contributed by atoms with van der Waals surface area (Å²) in [6.07, 6.45) is 4.92. The fourth-order valence-corrected chi connectivity index (χ4v) is 2.64. The molecule has 1 aromatic carbocycles. The highest BCUT2D eigenvalue weighted by Crippen LogP contribution is 2.32. The molecule has 1 amide bonds. The van der Waals surface area contributed by atoms with Gasteiger partial charge in [-0.05, 0) is 24.8 Å². The van der Waals surface area contributed by atoms with Gasteiger partial charge < -0.3 is 20.5 Å². The van der Waals surface area contributed by atoms with Crippen molar-refractivity contribution in [3.63, 3.8) is 0 Å². The number of nitrogen functional groups attached to an aromatic ring is 1. The number of methoxy groups -OCH3 is 2. The van der Waals surface area contributed by atoms with Gasteiger partial charge in [-0.2, -0.15) is 0 Å². The zero-order valence-electron chi connectivity index (χ0n) is 12.1. The van der Waals surface area contributed by atoms with Gasteiger partial charge in [-0.15, -0.1) is 0 Å². The molecule has 5 heteroatoms. The molecule has 1 aliphatic carbocycles. The number of hydrogen-bond acceptors (Lipinski definition) is 4. The largest absolute Gasteiger partial charge is 0.493 e. The van der Waals surface area contributed by atoms with Gasteiger partial charge >= 0.3 is 0 Å². The van der Waals surface area contributed by atoms with E-state index in [-0.39, 0.29) is 5.91 Å². The van der Waals surface area contributed by atoms with Crippen LogP contribution in [0.1, 0.15) is 36.0 Å². The second kappa shape index (κ2) is 6.50. The number of amides is 1. The van der Waals surface area contributed by atoms with E-state index in [0.717, 1.165) is 0 Å². The summed E-state index contributed by atoms with van der Waals surface area (Å²) in [6.45, 7) is 0.715. The van der Waals surface area contributed by atoms with Crippen LogP contribution in [0, 0.1) is 5.92 Å². The normalized spacial score (nSPS) is 15.1. The van der Waals surface area contributed by atoms with Crippen LogP contribution >= 0.6 is 0 Å². The van der Waals surface area contributed by atoms with Crippen molar-refractivity contribution in [3.8, 4) is 11.5 Å². The average molecular weight is 278 g/mol. The molecule has 0 atom stereocenters. The Balaban J connectivity index is 2.08. The Bertz CT molecular complexity index is 482. The smallest absolute Gasteiger partial charge is 0.253 e. The summed E-state index contributed by atoms with van der Waals surface area (Å²) in [5.41, 5.74) is 6.73. The van der Waals surface area contributed by atoms with Crippen molar-refractivity contribution in [1.29, 1.82) is 0 Å². The van der Waals surface area contributed by atoms with Gasteiger partial charge in [0.05, 0.1) is 19.8 Å². The number of nitrogens with one attached hydrogen (secondary N) is 1. The minimum atomic E-state index is -0.157. The third-order valence-corrected chi connectivity index (χ3v) is 3.83. The molecule has 0 radical (unpaired) electrons. The number of benzene rings is 1. The fourth-order valence-electron chi connectivity index (χ4n) is 2.64. The highest BCUT2D eigenvalue weighted by molar-refractivity contribution is 6.00. The third kappa shape index (κ3) is 3.15. The Hall–Kier alpha value is -1.91. The zero-order valence-corrected chi connectivity index (χ0v) is 12.1. The lowest BCUT2D eigenvalue weighted by molar-refractivity contribution is 0.0948. The van der Waals surface area contributed by atoms with Crippen molar-refractivity contribution in [1.82, 2.24) is 5.32 Å². The predicted octanol–water partition coefficient (Wildman–Crippen LogP) is 2.21. The Morgan fingerprint density at radius 2 is 1.85 bits per heavy atom. The summed E-state index contributed by atoms with van der Waals surface area (Å²) in [4.78, 5) is 12.2. The van der Waals surface area contributed by atoms with Gasteiger partial charge in [0.2, 0.25) is 0 Å². The minimum absolute atomic E-state index is 0.157. The van der Waals surface area contributed by atoms with Gasteiger partial charge in [-0.3, -0.25) is 4.79 Å². The molecule has 0 bridgehead atoms. The highest BCUT2D eigenvalue weighted by Gasteiger charge is 2.18. The summed E-state index contributed by atoms with van der Waals surface area (Å²) in [6, 6.07) is 3.24. The van der Waals surface area contributed by atoms with Crippen LogP contribution < -0.4 is 20.5 Å². The van der Waals surface area contributed by atoms with E-state index in [1.807, 2.05) is 0 Å². The molecule has 1 aliphatic rings. The SMILES string of the molecule is COc1cc(N)c(C(=O)NCC2CCCC2)cc1OC. The second-order valence-corrected chi connectivity index (χ2v) is 5.15. The Morgan fingerprint density at radius 3 is 2.45 bits per heavy atom. The van der Waals surface area contributed by atoms with E-state index in [1.165, 1.54) is 39.9 Å². The molecular weight excluding hydrogens is 256 g/mol. The maximum Gasteiger partial charge on any atom is 0.253 e. The van der Waals surface area contributed by atoms with Crippen LogP contribution in [0.3, 0.4) is 0 Å². The molecule has 0 spiro atoms. The highest BCUT2D eigenvalue weighted by atomic mass is 16.5. The van der Waals surface area contributed by atoms with E-state index in [4.69, 9.17) is 15.2 Å². The van der Waals surface area contributed by atoms with Crippen molar-refractivity contribution in [2.45, 2.75) is 25.7 Å². The van der Waals surface area contributed by atoms with Crippen LogP contribution in [-0.2, 0) is 0 Å². The fraction of sp³-hybridized carbons (Fsp3) is 0.533. The zero-order chi connectivity index (χ0) is 14.5. The van der Waals surface area contributed by atoms with Crippen molar-refractivity contribution in [2.24, 2.45) is 5.92 Å². The molecule has 0 aliphatic heterocycles. The van der Waals surface area contributed by atoms with E-state index in [1.54, 1.807) is 12.1 Å². The van der Waals surface area contributed by atoms with Crippen LogP contribution in [0.25, 0.3) is 0 Å². The molecule has 5 nitrogen and oxygen atoms in total. The number of ether oxygens (including phenoxy) is 2. The van der Waals surface area contributed by atoms with E-state index in [0.29, 0.717) is 35.2 Å². The van der Waals surface area contributed by atoms with E-state index in [2.05, 4.69) is 5.32 Å². The van der Waals surface area contributed by atoms with E-state index >= 15 is 0 Å². The van der Waals surface area contributed by atoms with Crippen LogP contribution in [0.4, 0.5) is 5.69 Å². The molecule has 2 rings (SSSR count). The van der Waals surface area contributed by atoms with Crippen molar-refractivity contribution in [2.75, 3.05) is 26.5 Å². The maximum atomic E-state index is 12.2. The number of anilines is 1. The molecule has 0 unspecified atom stereocenters. The molecule has 0 saturated heterocycles. The standard InChI is InChI=1S/C15H22N2O3/c1-19-13-7-11(12(16)8-14(13)20-2)15(18)17-9-10-5-3-4-6-10/h7-8,10H,3-6,9,16H2,1-2H3,(H,17,18). The first-order valence-corrected chi connectivity index (χ1v) is 6.95. The molecule has 1 fully saturated rings. The molecule has 0 aromatic heterocycles.